The Hall–Kier alpha value is -1.72. The van der Waals surface area contributed by atoms with Crippen molar-refractivity contribution in [1.82, 2.24) is 0 Å². The first-order valence-electron chi connectivity index (χ1n) is 6.46. The van der Waals surface area contributed by atoms with Crippen LogP contribution in [0.1, 0.15) is 58.8 Å². The number of rotatable bonds is 8. The molecule has 0 amide bonds. The number of ether oxygens (including phenoxy) is 2. The first-order chi connectivity index (χ1) is 8.99. The maximum atomic E-state index is 11.1. The fourth-order valence-electron chi connectivity index (χ4n) is 1.22. The molecule has 0 saturated heterocycles. The van der Waals surface area contributed by atoms with Gasteiger partial charge in [0.2, 0.25) is 0 Å². The highest BCUT2D eigenvalue weighted by atomic mass is 16.6. The maximum absolute atomic E-state index is 11.1. The predicted molar refractivity (Wildman–Crippen MR) is 65.9 cm³/mol. The molecule has 0 N–H and O–H groups in total. The summed E-state index contributed by atoms with van der Waals surface area (Å²) in [5.74, 6) is -2.16. The zero-order valence-corrected chi connectivity index (χ0v) is 11.4. The Morgan fingerprint density at radius 2 is 1.00 bits per heavy atom. The maximum Gasteiger partial charge on any atom is 0.313 e. The lowest BCUT2D eigenvalue weighted by atomic mass is 10.1. The summed E-state index contributed by atoms with van der Waals surface area (Å²) in [4.78, 5) is 43.8. The molecule has 108 valence electrons. The van der Waals surface area contributed by atoms with Crippen molar-refractivity contribution < 1.29 is 28.7 Å². The van der Waals surface area contributed by atoms with E-state index in [0.717, 1.165) is 0 Å². The second kappa shape index (κ2) is 10.2. The van der Waals surface area contributed by atoms with Gasteiger partial charge in [0.15, 0.2) is 0 Å². The molecule has 0 aliphatic carbocycles. The van der Waals surface area contributed by atoms with Crippen molar-refractivity contribution in [3.05, 3.63) is 0 Å². The van der Waals surface area contributed by atoms with E-state index < -0.39 is 23.9 Å². The molecule has 0 aliphatic heterocycles. The van der Waals surface area contributed by atoms with Crippen LogP contribution in [0.3, 0.4) is 0 Å². The van der Waals surface area contributed by atoms with Crippen LogP contribution in [0.15, 0.2) is 0 Å². The molecule has 0 bridgehead atoms. The van der Waals surface area contributed by atoms with Crippen LogP contribution in [0.25, 0.3) is 0 Å². The molecule has 0 aromatic rings. The third-order valence-electron chi connectivity index (χ3n) is 2.29. The van der Waals surface area contributed by atoms with E-state index >= 15 is 0 Å². The van der Waals surface area contributed by atoms with Gasteiger partial charge in [0.05, 0.1) is 0 Å². The average Bonchev–Trinajstić information content (AvgIpc) is 2.37. The van der Waals surface area contributed by atoms with Gasteiger partial charge < -0.3 is 9.47 Å². The second-order valence-corrected chi connectivity index (χ2v) is 3.96. The zero-order valence-electron chi connectivity index (χ0n) is 11.4. The smallest absolute Gasteiger partial charge is 0.313 e. The monoisotopic (exact) mass is 272 g/mol. The molecular formula is C13H20O6. The van der Waals surface area contributed by atoms with Crippen molar-refractivity contribution >= 4 is 23.9 Å². The molecule has 0 unspecified atom stereocenters. The Morgan fingerprint density at radius 1 is 0.632 bits per heavy atom. The summed E-state index contributed by atoms with van der Waals surface area (Å²) in [5, 5.41) is 0. The summed E-state index contributed by atoms with van der Waals surface area (Å²) in [6.45, 7) is 3.22. The lowest BCUT2D eigenvalue weighted by molar-refractivity contribution is -0.160. The number of hydrogen-bond acceptors (Lipinski definition) is 6. The van der Waals surface area contributed by atoms with E-state index in [1.54, 1.807) is 13.8 Å². The number of hydrogen-bond donors (Lipinski definition) is 0. The summed E-state index contributed by atoms with van der Waals surface area (Å²) >= 11 is 0. The molecule has 0 aliphatic rings. The van der Waals surface area contributed by atoms with Gasteiger partial charge in [-0.25, -0.2) is 0 Å². The summed E-state index contributed by atoms with van der Waals surface area (Å²) < 4.78 is 8.96. The molecule has 0 radical (unpaired) electrons. The van der Waals surface area contributed by atoms with Gasteiger partial charge in [-0.15, -0.1) is 0 Å². The van der Waals surface area contributed by atoms with E-state index in [0.29, 0.717) is 19.3 Å². The molecular weight excluding hydrogens is 252 g/mol. The van der Waals surface area contributed by atoms with Gasteiger partial charge in [-0.05, 0) is 12.8 Å². The van der Waals surface area contributed by atoms with Gasteiger partial charge in [0, 0.05) is 25.7 Å². The van der Waals surface area contributed by atoms with Crippen LogP contribution in [0.2, 0.25) is 0 Å². The summed E-state index contributed by atoms with van der Waals surface area (Å²) in [6.07, 6.45) is 2.33. The normalized spacial score (nSPS) is 9.79. The van der Waals surface area contributed by atoms with Crippen LogP contribution < -0.4 is 0 Å². The summed E-state index contributed by atoms with van der Waals surface area (Å²) in [7, 11) is 0. The van der Waals surface area contributed by atoms with Crippen molar-refractivity contribution in [3.8, 4) is 0 Å². The Morgan fingerprint density at radius 3 is 1.32 bits per heavy atom. The largest absolute Gasteiger partial charge is 0.393 e. The number of carbonyl (C=O) groups excluding carboxylic acids is 4. The van der Waals surface area contributed by atoms with Crippen LogP contribution in [-0.4, -0.2) is 23.9 Å². The topological polar surface area (TPSA) is 86.7 Å². The second-order valence-electron chi connectivity index (χ2n) is 3.96. The highest BCUT2D eigenvalue weighted by molar-refractivity contribution is 5.85. The fourth-order valence-corrected chi connectivity index (χ4v) is 1.22. The van der Waals surface area contributed by atoms with Gasteiger partial charge in [0.25, 0.3) is 0 Å². The van der Waals surface area contributed by atoms with Crippen LogP contribution in [-0.2, 0) is 28.7 Å². The Bertz CT molecular complexity index is 302. The van der Waals surface area contributed by atoms with E-state index in [4.69, 9.17) is 0 Å². The van der Waals surface area contributed by atoms with Crippen molar-refractivity contribution in [1.29, 1.82) is 0 Å². The summed E-state index contributed by atoms with van der Waals surface area (Å²) in [6, 6.07) is 0. The van der Waals surface area contributed by atoms with Crippen molar-refractivity contribution in [2.45, 2.75) is 58.8 Å². The zero-order chi connectivity index (χ0) is 14.7. The molecule has 0 aromatic carbocycles. The third-order valence-corrected chi connectivity index (χ3v) is 2.29. The highest BCUT2D eigenvalue weighted by Gasteiger charge is 2.10. The first kappa shape index (κ1) is 17.3. The number of unbranched alkanes of at least 4 members (excludes halogenated alkanes) is 2. The van der Waals surface area contributed by atoms with E-state index in [1.807, 2.05) is 0 Å². The number of esters is 4. The molecule has 0 atom stereocenters. The minimum Gasteiger partial charge on any atom is -0.393 e. The van der Waals surface area contributed by atoms with Crippen molar-refractivity contribution in [3.63, 3.8) is 0 Å². The van der Waals surface area contributed by atoms with Crippen LogP contribution in [0, 0.1) is 0 Å². The summed E-state index contributed by atoms with van der Waals surface area (Å²) in [5.41, 5.74) is 0. The van der Waals surface area contributed by atoms with E-state index in [2.05, 4.69) is 9.47 Å². The molecule has 0 heterocycles. The minimum absolute atomic E-state index is 0.147. The Kier molecular flexibility index (Phi) is 9.30. The molecule has 6 nitrogen and oxygen atoms in total. The molecule has 6 heteroatoms. The SMILES string of the molecule is CCC(=O)OC(=O)CCCCCC(=O)OC(=O)CC. The van der Waals surface area contributed by atoms with Gasteiger partial charge in [0.1, 0.15) is 0 Å². The molecule has 0 rings (SSSR count). The average molecular weight is 272 g/mol. The first-order valence-corrected chi connectivity index (χ1v) is 6.46. The lowest BCUT2D eigenvalue weighted by Gasteiger charge is -2.02. The molecule has 0 aromatic heterocycles. The van der Waals surface area contributed by atoms with Crippen molar-refractivity contribution in [2.24, 2.45) is 0 Å². The van der Waals surface area contributed by atoms with Gasteiger partial charge in [-0.2, -0.15) is 0 Å². The highest BCUT2D eigenvalue weighted by Crippen LogP contribution is 2.06. The van der Waals surface area contributed by atoms with Gasteiger partial charge in [-0.3, -0.25) is 19.2 Å². The van der Waals surface area contributed by atoms with Crippen LogP contribution in [0.5, 0.6) is 0 Å². The molecule has 0 saturated carbocycles. The lowest BCUT2D eigenvalue weighted by Crippen LogP contribution is -2.11. The minimum atomic E-state index is -0.546. The molecule has 0 spiro atoms. The number of carbonyl (C=O) groups is 4. The molecule has 19 heavy (non-hydrogen) atoms. The fraction of sp³-hybridized carbons (Fsp3) is 0.692. The van der Waals surface area contributed by atoms with Gasteiger partial charge >= 0.3 is 23.9 Å². The quantitative estimate of drug-likeness (QED) is 0.381. The Labute approximate surface area is 112 Å². The van der Waals surface area contributed by atoms with E-state index in [9.17, 15) is 19.2 Å². The van der Waals surface area contributed by atoms with E-state index in [-0.39, 0.29) is 25.7 Å². The standard InChI is InChI=1S/C13H20O6/c1-3-10(14)18-12(16)8-6-5-7-9-13(17)19-11(15)4-2/h3-9H2,1-2H3. The van der Waals surface area contributed by atoms with Crippen LogP contribution >= 0.6 is 0 Å². The van der Waals surface area contributed by atoms with Crippen LogP contribution in [0.4, 0.5) is 0 Å². The van der Waals surface area contributed by atoms with Gasteiger partial charge in [-0.1, -0.05) is 20.3 Å². The van der Waals surface area contributed by atoms with E-state index in [1.165, 1.54) is 0 Å². The molecule has 0 fully saturated rings. The Balaban J connectivity index is 3.54. The third kappa shape index (κ3) is 9.93. The predicted octanol–water partition coefficient (Wildman–Crippen LogP) is 1.90. The van der Waals surface area contributed by atoms with Crippen molar-refractivity contribution in [2.75, 3.05) is 0 Å².